The van der Waals surface area contributed by atoms with E-state index in [0.717, 1.165) is 29.8 Å². The van der Waals surface area contributed by atoms with Crippen LogP contribution in [-0.4, -0.2) is 43.7 Å². The first-order valence-electron chi connectivity index (χ1n) is 10.2. The minimum Gasteiger partial charge on any atom is -0.367 e. The van der Waals surface area contributed by atoms with Gasteiger partial charge in [-0.3, -0.25) is 4.79 Å². The van der Waals surface area contributed by atoms with E-state index in [1.807, 2.05) is 13.0 Å². The van der Waals surface area contributed by atoms with Crippen molar-refractivity contribution in [2.24, 2.45) is 4.99 Å². The molecular weight excluding hydrogens is 401 g/mol. The van der Waals surface area contributed by atoms with E-state index in [2.05, 4.69) is 26.0 Å². The fraction of sp³-hybridized carbons (Fsp3) is 0.333. The Hall–Kier alpha value is -3.53. The Labute approximate surface area is 177 Å². The maximum absolute atomic E-state index is 13.3. The Bertz CT molecular complexity index is 1170. The molecular formula is C21H22FN7O2. The number of halogens is 1. The summed E-state index contributed by atoms with van der Waals surface area (Å²) in [7, 11) is 0. The number of aliphatic imine (C=N–C) groups is 1. The molecule has 0 radical (unpaired) electrons. The molecule has 1 saturated carbocycles. The highest BCUT2D eigenvalue weighted by atomic mass is 19.1. The number of carbonyl (C=O) groups excluding carboxylic acids is 1. The maximum atomic E-state index is 13.3. The fourth-order valence-electron chi connectivity index (χ4n) is 3.55. The van der Waals surface area contributed by atoms with Crippen LogP contribution >= 0.6 is 0 Å². The Balaban J connectivity index is 1.48. The lowest BCUT2D eigenvalue weighted by Crippen LogP contribution is -2.29. The van der Waals surface area contributed by atoms with Crippen LogP contribution in [0.25, 0.3) is 5.65 Å². The number of aliphatic hydroxyl groups excluding tert-OH is 1. The summed E-state index contributed by atoms with van der Waals surface area (Å²) in [6.45, 7) is 1.98. The second-order valence-electron chi connectivity index (χ2n) is 7.87. The van der Waals surface area contributed by atoms with Crippen molar-refractivity contribution in [3.05, 3.63) is 53.5 Å². The number of nitrogens with zero attached hydrogens (tertiary/aromatic N) is 4. The summed E-state index contributed by atoms with van der Waals surface area (Å²) >= 11 is 0. The molecule has 1 fully saturated rings. The van der Waals surface area contributed by atoms with E-state index in [1.165, 1.54) is 12.1 Å². The number of aliphatic hydroxyl groups is 1. The van der Waals surface area contributed by atoms with E-state index >= 15 is 0 Å². The van der Waals surface area contributed by atoms with Gasteiger partial charge in [0, 0.05) is 30.1 Å². The summed E-state index contributed by atoms with van der Waals surface area (Å²) in [5, 5.41) is 23.2. The van der Waals surface area contributed by atoms with Crippen LogP contribution in [0.15, 0.2) is 41.5 Å². The second kappa shape index (κ2) is 7.62. The standard InChI is InChI=1S/C21H22FN7O2/c1-11(12-2-4-14(22)5-3-12)24-17-9-18(25-15-6-7-15)29-19(27-17)13(10-23-29)8-16-20(30)28-21(31)26-16/h2-5,9-11,15,21,25,31H,6-8H2,1H3,(H,24,27)(H,28,30). The minimum absolute atomic E-state index is 0.101. The van der Waals surface area contributed by atoms with Crippen LogP contribution in [0.3, 0.4) is 0 Å². The number of hydrogen-bond acceptors (Lipinski definition) is 7. The maximum Gasteiger partial charge on any atom is 0.269 e. The van der Waals surface area contributed by atoms with Gasteiger partial charge in [-0.25, -0.2) is 14.4 Å². The first kappa shape index (κ1) is 19.4. The highest BCUT2D eigenvalue weighted by Gasteiger charge is 2.26. The Morgan fingerprint density at radius 2 is 2.10 bits per heavy atom. The third kappa shape index (κ3) is 4.06. The smallest absolute Gasteiger partial charge is 0.269 e. The zero-order chi connectivity index (χ0) is 21.5. The molecule has 9 nitrogen and oxygen atoms in total. The van der Waals surface area contributed by atoms with Gasteiger partial charge in [-0.05, 0) is 37.5 Å². The van der Waals surface area contributed by atoms with E-state index in [4.69, 9.17) is 4.98 Å². The van der Waals surface area contributed by atoms with Gasteiger partial charge in [0.05, 0.1) is 6.20 Å². The molecule has 31 heavy (non-hydrogen) atoms. The Kier molecular flexibility index (Phi) is 4.78. The van der Waals surface area contributed by atoms with E-state index in [-0.39, 0.29) is 24.0 Å². The first-order chi connectivity index (χ1) is 15.0. The van der Waals surface area contributed by atoms with Crippen LogP contribution < -0.4 is 16.0 Å². The lowest BCUT2D eigenvalue weighted by Gasteiger charge is -2.17. The largest absolute Gasteiger partial charge is 0.367 e. The van der Waals surface area contributed by atoms with Crippen molar-refractivity contribution in [1.29, 1.82) is 0 Å². The lowest BCUT2D eigenvalue weighted by atomic mass is 10.1. The van der Waals surface area contributed by atoms with Gasteiger partial charge in [-0.1, -0.05) is 12.1 Å². The van der Waals surface area contributed by atoms with Gasteiger partial charge in [0.1, 0.15) is 23.2 Å². The summed E-state index contributed by atoms with van der Waals surface area (Å²) in [5.74, 6) is 0.749. The van der Waals surface area contributed by atoms with Crippen LogP contribution in [0.1, 0.15) is 36.9 Å². The van der Waals surface area contributed by atoms with Crippen molar-refractivity contribution in [3.63, 3.8) is 0 Å². The van der Waals surface area contributed by atoms with E-state index < -0.39 is 12.3 Å². The number of rotatable bonds is 7. The number of benzene rings is 1. The molecule has 10 heteroatoms. The lowest BCUT2D eigenvalue weighted by molar-refractivity contribution is -0.116. The van der Waals surface area contributed by atoms with Crippen molar-refractivity contribution < 1.29 is 14.3 Å². The molecule has 3 aromatic rings. The van der Waals surface area contributed by atoms with E-state index in [1.54, 1.807) is 22.8 Å². The normalized spacial score (nSPS) is 19.3. The molecule has 1 amide bonds. The molecule has 2 aromatic heterocycles. The minimum atomic E-state index is -1.21. The van der Waals surface area contributed by atoms with Crippen molar-refractivity contribution in [2.45, 2.75) is 44.6 Å². The van der Waals surface area contributed by atoms with Gasteiger partial charge in [0.2, 0.25) is 6.35 Å². The van der Waals surface area contributed by atoms with Crippen LogP contribution in [0.5, 0.6) is 0 Å². The molecule has 1 aromatic carbocycles. The number of carbonyl (C=O) groups is 1. The molecule has 2 unspecified atom stereocenters. The van der Waals surface area contributed by atoms with Crippen LogP contribution in [0, 0.1) is 5.82 Å². The van der Waals surface area contributed by atoms with Gasteiger partial charge < -0.3 is 21.1 Å². The summed E-state index contributed by atoms with van der Waals surface area (Å²) in [4.78, 5) is 20.6. The summed E-state index contributed by atoms with van der Waals surface area (Å²) in [6.07, 6.45) is 2.86. The zero-order valence-corrected chi connectivity index (χ0v) is 16.8. The van der Waals surface area contributed by atoms with Gasteiger partial charge in [-0.15, -0.1) is 0 Å². The number of hydrogen-bond donors (Lipinski definition) is 4. The summed E-state index contributed by atoms with van der Waals surface area (Å²) in [6, 6.07) is 8.53. The van der Waals surface area contributed by atoms with E-state index in [9.17, 15) is 14.3 Å². The number of anilines is 2. The van der Waals surface area contributed by atoms with Gasteiger partial charge in [0.15, 0.2) is 5.65 Å². The van der Waals surface area contributed by atoms with Crippen molar-refractivity contribution in [3.8, 4) is 0 Å². The van der Waals surface area contributed by atoms with Crippen molar-refractivity contribution in [2.75, 3.05) is 10.6 Å². The van der Waals surface area contributed by atoms with Gasteiger partial charge in [0.25, 0.3) is 5.91 Å². The molecule has 3 heterocycles. The monoisotopic (exact) mass is 423 g/mol. The number of fused-ring (bicyclic) bond motifs is 1. The van der Waals surface area contributed by atoms with Crippen LogP contribution in [0.4, 0.5) is 16.0 Å². The zero-order valence-electron chi connectivity index (χ0n) is 16.8. The third-order valence-corrected chi connectivity index (χ3v) is 5.37. The SMILES string of the molecule is CC(Nc1cc(NC2CC2)n2ncc(CC3=NC(O)NC3=O)c2n1)c1ccc(F)cc1. The molecule has 2 atom stereocenters. The Morgan fingerprint density at radius 1 is 1.32 bits per heavy atom. The highest BCUT2D eigenvalue weighted by Crippen LogP contribution is 2.28. The molecule has 160 valence electrons. The molecule has 1 aliphatic carbocycles. The fourth-order valence-corrected chi connectivity index (χ4v) is 3.55. The van der Waals surface area contributed by atoms with Crippen molar-refractivity contribution in [1.82, 2.24) is 19.9 Å². The predicted octanol–water partition coefficient (Wildman–Crippen LogP) is 2.00. The number of amides is 1. The van der Waals surface area contributed by atoms with Crippen LogP contribution in [0.2, 0.25) is 0 Å². The molecule has 1 aliphatic heterocycles. The molecule has 2 aliphatic rings. The molecule has 4 N–H and O–H groups in total. The number of aromatic nitrogens is 3. The summed E-state index contributed by atoms with van der Waals surface area (Å²) in [5.41, 5.74) is 2.48. The van der Waals surface area contributed by atoms with Crippen LogP contribution in [-0.2, 0) is 11.2 Å². The first-order valence-corrected chi connectivity index (χ1v) is 10.2. The van der Waals surface area contributed by atoms with Crippen molar-refractivity contribution >= 4 is 28.9 Å². The van der Waals surface area contributed by atoms with E-state index in [0.29, 0.717) is 17.5 Å². The second-order valence-corrected chi connectivity index (χ2v) is 7.87. The third-order valence-electron chi connectivity index (χ3n) is 5.37. The molecule has 0 bridgehead atoms. The average molecular weight is 423 g/mol. The molecule has 5 rings (SSSR count). The molecule has 0 spiro atoms. The van der Waals surface area contributed by atoms with Gasteiger partial charge >= 0.3 is 0 Å². The Morgan fingerprint density at radius 3 is 2.77 bits per heavy atom. The van der Waals surface area contributed by atoms with Gasteiger partial charge in [-0.2, -0.15) is 9.61 Å². The molecule has 0 saturated heterocycles. The topological polar surface area (TPSA) is 116 Å². The average Bonchev–Trinajstić information content (AvgIpc) is 3.37. The summed E-state index contributed by atoms with van der Waals surface area (Å²) < 4.78 is 15.0. The highest BCUT2D eigenvalue weighted by molar-refractivity contribution is 6.40. The quantitative estimate of drug-likeness (QED) is 0.462. The predicted molar refractivity (Wildman–Crippen MR) is 113 cm³/mol. The number of nitrogens with one attached hydrogen (secondary N) is 3.